The summed E-state index contributed by atoms with van der Waals surface area (Å²) in [4.78, 5) is 10.9. The van der Waals surface area contributed by atoms with Crippen LogP contribution in [0.5, 0.6) is 0 Å². The molecule has 0 N–H and O–H groups in total. The predicted molar refractivity (Wildman–Crippen MR) is 39.5 cm³/mol. The molecule has 0 radical (unpaired) electrons. The Hall–Kier alpha value is -1.10. The molecular weight excluding hydrogens is 187 g/mol. The molecule has 0 aliphatic rings. The third-order valence-corrected chi connectivity index (χ3v) is 1.64. The summed E-state index contributed by atoms with van der Waals surface area (Å²) < 4.78 is 18.0. The van der Waals surface area contributed by atoms with Crippen LogP contribution in [-0.2, 0) is 11.8 Å². The fourth-order valence-electron chi connectivity index (χ4n) is 0.705. The highest BCUT2D eigenvalue weighted by Gasteiger charge is 2.20. The van der Waals surface area contributed by atoms with Crippen LogP contribution in [0.2, 0.25) is 5.02 Å². The van der Waals surface area contributed by atoms with Crippen molar-refractivity contribution in [3.63, 3.8) is 0 Å². The molecule has 12 heavy (non-hydrogen) atoms. The summed E-state index contributed by atoms with van der Waals surface area (Å²) in [5.41, 5.74) is -0.209. The molecule has 0 spiro atoms. The van der Waals surface area contributed by atoms with Crippen molar-refractivity contribution in [3.8, 4) is 0 Å². The second kappa shape index (κ2) is 3.10. The van der Waals surface area contributed by atoms with E-state index in [0.717, 1.165) is 4.68 Å². The molecule has 0 fully saturated rings. The van der Waals surface area contributed by atoms with Crippen molar-refractivity contribution in [2.45, 2.75) is 0 Å². The van der Waals surface area contributed by atoms with E-state index in [1.165, 1.54) is 14.2 Å². The molecule has 0 unspecified atom stereocenters. The van der Waals surface area contributed by atoms with Gasteiger partial charge in [0.2, 0.25) is 5.95 Å². The molecule has 1 aromatic heterocycles. The molecule has 1 rings (SSSR count). The van der Waals surface area contributed by atoms with Crippen molar-refractivity contribution in [2.24, 2.45) is 7.05 Å². The second-order valence-electron chi connectivity index (χ2n) is 2.07. The predicted octanol–water partition coefficient (Wildman–Crippen LogP) is 0.999. The fourth-order valence-corrected chi connectivity index (χ4v) is 0.942. The van der Waals surface area contributed by atoms with Crippen LogP contribution in [0, 0.1) is 5.95 Å². The Balaban J connectivity index is 3.17. The molecule has 0 aliphatic carbocycles. The van der Waals surface area contributed by atoms with E-state index in [1.807, 2.05) is 0 Å². The maximum Gasteiger partial charge on any atom is 0.360 e. The first-order valence-electron chi connectivity index (χ1n) is 3.04. The molecule has 1 aromatic rings. The Kier molecular flexibility index (Phi) is 2.32. The van der Waals surface area contributed by atoms with Gasteiger partial charge in [0, 0.05) is 7.05 Å². The normalized spacial score (nSPS) is 10.0. The molecule has 0 bridgehead atoms. The SMILES string of the molecule is COC(=O)c1nn(C)c(F)c1Cl. The van der Waals surface area contributed by atoms with Gasteiger partial charge in [0.25, 0.3) is 0 Å². The Bertz CT molecular complexity index is 324. The molecule has 0 saturated carbocycles. The van der Waals surface area contributed by atoms with Crippen LogP contribution < -0.4 is 0 Å². The number of aryl methyl sites for hydroxylation is 1. The van der Waals surface area contributed by atoms with Crippen molar-refractivity contribution in [1.82, 2.24) is 9.78 Å². The first-order chi connectivity index (χ1) is 5.57. The van der Waals surface area contributed by atoms with Crippen molar-refractivity contribution in [1.29, 1.82) is 0 Å². The smallest absolute Gasteiger partial charge is 0.360 e. The van der Waals surface area contributed by atoms with E-state index < -0.39 is 11.9 Å². The van der Waals surface area contributed by atoms with Gasteiger partial charge >= 0.3 is 5.97 Å². The van der Waals surface area contributed by atoms with Gasteiger partial charge in [0.05, 0.1) is 7.11 Å². The quantitative estimate of drug-likeness (QED) is 0.624. The fraction of sp³-hybridized carbons (Fsp3) is 0.333. The number of hydrogen-bond acceptors (Lipinski definition) is 3. The van der Waals surface area contributed by atoms with Gasteiger partial charge in [-0.3, -0.25) is 0 Å². The van der Waals surface area contributed by atoms with Crippen molar-refractivity contribution in [2.75, 3.05) is 7.11 Å². The number of halogens is 2. The van der Waals surface area contributed by atoms with Gasteiger partial charge in [-0.2, -0.15) is 9.49 Å². The number of rotatable bonds is 1. The Labute approximate surface area is 72.9 Å². The van der Waals surface area contributed by atoms with Gasteiger partial charge in [-0.15, -0.1) is 0 Å². The first-order valence-corrected chi connectivity index (χ1v) is 3.42. The highest BCUT2D eigenvalue weighted by atomic mass is 35.5. The van der Waals surface area contributed by atoms with Crippen LogP contribution in [0.25, 0.3) is 0 Å². The first kappa shape index (κ1) is 8.99. The van der Waals surface area contributed by atoms with Crippen molar-refractivity contribution >= 4 is 17.6 Å². The lowest BCUT2D eigenvalue weighted by molar-refractivity contribution is 0.0593. The highest BCUT2D eigenvalue weighted by molar-refractivity contribution is 6.33. The van der Waals surface area contributed by atoms with Gasteiger partial charge in [-0.25, -0.2) is 9.48 Å². The van der Waals surface area contributed by atoms with Gasteiger partial charge in [-0.1, -0.05) is 11.6 Å². The van der Waals surface area contributed by atoms with E-state index in [0.29, 0.717) is 0 Å². The standard InChI is InChI=1S/C6H6ClFN2O2/c1-10-5(8)3(7)4(9-10)6(11)12-2/h1-2H3. The third kappa shape index (κ3) is 1.27. The molecule has 0 aromatic carbocycles. The van der Waals surface area contributed by atoms with Crippen LogP contribution in [0.4, 0.5) is 4.39 Å². The number of methoxy groups -OCH3 is 1. The van der Waals surface area contributed by atoms with Gasteiger partial charge in [0.15, 0.2) is 5.69 Å². The monoisotopic (exact) mass is 192 g/mol. The lowest BCUT2D eigenvalue weighted by Crippen LogP contribution is -2.03. The van der Waals surface area contributed by atoms with Crippen molar-refractivity contribution in [3.05, 3.63) is 16.7 Å². The minimum atomic E-state index is -0.753. The van der Waals surface area contributed by atoms with E-state index in [-0.39, 0.29) is 10.7 Å². The van der Waals surface area contributed by atoms with Crippen molar-refractivity contribution < 1.29 is 13.9 Å². The van der Waals surface area contributed by atoms with E-state index in [9.17, 15) is 9.18 Å². The lowest BCUT2D eigenvalue weighted by atomic mass is 10.4. The summed E-state index contributed by atoms with van der Waals surface area (Å²) in [5.74, 6) is -1.50. The van der Waals surface area contributed by atoms with Crippen LogP contribution in [-0.4, -0.2) is 22.9 Å². The van der Waals surface area contributed by atoms with Crippen LogP contribution in [0.15, 0.2) is 0 Å². The summed E-state index contributed by atoms with van der Waals surface area (Å²) in [6, 6.07) is 0. The molecule has 0 atom stereocenters. The van der Waals surface area contributed by atoms with Crippen LogP contribution >= 0.6 is 11.6 Å². The highest BCUT2D eigenvalue weighted by Crippen LogP contribution is 2.18. The maximum absolute atomic E-state index is 12.8. The lowest BCUT2D eigenvalue weighted by Gasteiger charge is -1.91. The number of nitrogens with zero attached hydrogens (tertiary/aromatic N) is 2. The zero-order valence-corrected chi connectivity index (χ0v) is 7.22. The number of carbonyl (C=O) groups is 1. The zero-order valence-electron chi connectivity index (χ0n) is 6.47. The molecule has 0 saturated heterocycles. The summed E-state index contributed by atoms with van der Waals surface area (Å²) in [7, 11) is 2.51. The van der Waals surface area contributed by atoms with E-state index in [4.69, 9.17) is 11.6 Å². The minimum Gasteiger partial charge on any atom is -0.464 e. The topological polar surface area (TPSA) is 44.1 Å². The second-order valence-corrected chi connectivity index (χ2v) is 2.45. The minimum absolute atomic E-state index is 0.209. The molecular formula is C6H6ClFN2O2. The van der Waals surface area contributed by atoms with E-state index in [1.54, 1.807) is 0 Å². The molecule has 1 heterocycles. The third-order valence-electron chi connectivity index (χ3n) is 1.30. The van der Waals surface area contributed by atoms with Gasteiger partial charge in [-0.05, 0) is 0 Å². The molecule has 6 heteroatoms. The largest absolute Gasteiger partial charge is 0.464 e. The van der Waals surface area contributed by atoms with Crippen LogP contribution in [0.3, 0.4) is 0 Å². The maximum atomic E-state index is 12.8. The number of hydrogen-bond donors (Lipinski definition) is 0. The summed E-state index contributed by atoms with van der Waals surface area (Å²) in [6.07, 6.45) is 0. The zero-order chi connectivity index (χ0) is 9.30. The van der Waals surface area contributed by atoms with E-state index in [2.05, 4.69) is 9.84 Å². The van der Waals surface area contributed by atoms with E-state index >= 15 is 0 Å². The summed E-state index contributed by atoms with van der Waals surface area (Å²) >= 11 is 5.43. The molecule has 0 aliphatic heterocycles. The Morgan fingerprint density at radius 3 is 2.67 bits per heavy atom. The Morgan fingerprint density at radius 1 is 1.75 bits per heavy atom. The average Bonchev–Trinajstić information content (AvgIpc) is 2.32. The number of carbonyl (C=O) groups excluding carboxylic acids is 1. The average molecular weight is 193 g/mol. The number of aromatic nitrogens is 2. The van der Waals surface area contributed by atoms with Gasteiger partial charge < -0.3 is 4.74 Å². The number of ether oxygens (including phenoxy) is 1. The molecule has 66 valence electrons. The Morgan fingerprint density at radius 2 is 2.33 bits per heavy atom. The van der Waals surface area contributed by atoms with Crippen LogP contribution in [0.1, 0.15) is 10.5 Å². The van der Waals surface area contributed by atoms with Gasteiger partial charge in [0.1, 0.15) is 5.02 Å². The molecule has 4 nitrogen and oxygen atoms in total. The summed E-state index contributed by atoms with van der Waals surface area (Å²) in [5, 5.41) is 3.20. The molecule has 0 amide bonds. The number of esters is 1. The summed E-state index contributed by atoms with van der Waals surface area (Å²) in [6.45, 7) is 0.